The highest BCUT2D eigenvalue weighted by Crippen LogP contribution is 2.23. The molecule has 1 aromatic heterocycles. The molecule has 0 aliphatic heterocycles. The van der Waals surface area contributed by atoms with Crippen LogP contribution in [0.4, 0.5) is 11.5 Å². The lowest BCUT2D eigenvalue weighted by Crippen LogP contribution is -2.16. The molecule has 0 atom stereocenters. The van der Waals surface area contributed by atoms with Gasteiger partial charge in [0.05, 0.1) is 11.3 Å². The highest BCUT2D eigenvalue weighted by Gasteiger charge is 2.20. The van der Waals surface area contributed by atoms with Crippen LogP contribution in [-0.4, -0.2) is 19.9 Å². The van der Waals surface area contributed by atoms with E-state index in [4.69, 9.17) is 5.26 Å². The number of para-hydroxylation sites is 1. The quantitative estimate of drug-likeness (QED) is 0.882. The van der Waals surface area contributed by atoms with Crippen molar-refractivity contribution < 1.29 is 8.42 Å². The van der Waals surface area contributed by atoms with Gasteiger partial charge in [0.2, 0.25) is 0 Å². The van der Waals surface area contributed by atoms with Crippen LogP contribution in [0.2, 0.25) is 0 Å². The van der Waals surface area contributed by atoms with Crippen LogP contribution in [0.1, 0.15) is 12.5 Å². The minimum atomic E-state index is -3.82. The van der Waals surface area contributed by atoms with Crippen LogP contribution < -0.4 is 10.0 Å². The first-order valence-electron chi connectivity index (χ1n) is 6.29. The first-order chi connectivity index (χ1) is 10.1. The zero-order valence-corrected chi connectivity index (χ0v) is 12.2. The van der Waals surface area contributed by atoms with E-state index in [2.05, 4.69) is 15.0 Å². The van der Waals surface area contributed by atoms with Gasteiger partial charge in [-0.1, -0.05) is 12.1 Å². The summed E-state index contributed by atoms with van der Waals surface area (Å²) < 4.78 is 27.4. The van der Waals surface area contributed by atoms with E-state index < -0.39 is 10.0 Å². The van der Waals surface area contributed by atoms with Crippen molar-refractivity contribution >= 4 is 21.5 Å². The minimum Gasteiger partial charge on any atom is -0.369 e. The molecule has 2 aromatic rings. The number of nitrogens with zero attached hydrogens (tertiary/aromatic N) is 2. The Morgan fingerprint density at radius 3 is 2.71 bits per heavy atom. The Kier molecular flexibility index (Phi) is 4.40. The van der Waals surface area contributed by atoms with Gasteiger partial charge in [-0.3, -0.25) is 4.72 Å². The number of aromatic nitrogens is 1. The smallest absolute Gasteiger partial charge is 0.265 e. The van der Waals surface area contributed by atoms with Crippen LogP contribution in [0.3, 0.4) is 0 Å². The van der Waals surface area contributed by atoms with E-state index in [-0.39, 0.29) is 22.0 Å². The Morgan fingerprint density at radius 1 is 1.24 bits per heavy atom. The lowest BCUT2D eigenvalue weighted by Gasteiger charge is -2.12. The molecule has 0 saturated heterocycles. The standard InChI is InChI=1S/C14H14N4O2S/c1-2-16-14-13(8-5-9-17-14)21(19,20)18-12-7-4-3-6-11(12)10-15/h3-9,18H,2H2,1H3,(H,16,17). The molecule has 0 spiro atoms. The zero-order chi connectivity index (χ0) is 15.3. The first-order valence-corrected chi connectivity index (χ1v) is 7.77. The number of pyridine rings is 1. The Morgan fingerprint density at radius 2 is 2.00 bits per heavy atom. The molecule has 0 radical (unpaired) electrons. The van der Waals surface area contributed by atoms with E-state index in [0.29, 0.717) is 6.54 Å². The molecule has 7 heteroatoms. The van der Waals surface area contributed by atoms with Gasteiger partial charge in [0.1, 0.15) is 16.8 Å². The molecule has 0 unspecified atom stereocenters. The zero-order valence-electron chi connectivity index (χ0n) is 11.4. The predicted molar refractivity (Wildman–Crippen MR) is 80.4 cm³/mol. The van der Waals surface area contributed by atoms with Gasteiger partial charge >= 0.3 is 0 Å². The van der Waals surface area contributed by atoms with E-state index in [9.17, 15) is 8.42 Å². The molecular weight excluding hydrogens is 288 g/mol. The fourth-order valence-corrected chi connectivity index (χ4v) is 2.99. The van der Waals surface area contributed by atoms with Gasteiger partial charge in [0, 0.05) is 12.7 Å². The van der Waals surface area contributed by atoms with Crippen LogP contribution in [-0.2, 0) is 10.0 Å². The van der Waals surface area contributed by atoms with Gasteiger partial charge < -0.3 is 5.32 Å². The summed E-state index contributed by atoms with van der Waals surface area (Å²) in [5, 5.41) is 11.9. The molecule has 1 heterocycles. The van der Waals surface area contributed by atoms with Crippen molar-refractivity contribution in [2.75, 3.05) is 16.6 Å². The number of nitriles is 1. The Balaban J connectivity index is 2.42. The summed E-state index contributed by atoms with van der Waals surface area (Å²) in [7, 11) is -3.82. The third-order valence-corrected chi connectivity index (χ3v) is 4.09. The van der Waals surface area contributed by atoms with Crippen LogP contribution in [0.25, 0.3) is 0 Å². The SMILES string of the molecule is CCNc1ncccc1S(=O)(=O)Nc1ccccc1C#N. The minimum absolute atomic E-state index is 0.0413. The molecule has 0 aliphatic carbocycles. The molecule has 2 rings (SSSR count). The second-order valence-electron chi connectivity index (χ2n) is 4.14. The monoisotopic (exact) mass is 302 g/mol. The lowest BCUT2D eigenvalue weighted by atomic mass is 10.2. The highest BCUT2D eigenvalue weighted by atomic mass is 32.2. The van der Waals surface area contributed by atoms with Crippen molar-refractivity contribution in [3.8, 4) is 6.07 Å². The lowest BCUT2D eigenvalue weighted by molar-refractivity contribution is 0.601. The normalized spacial score (nSPS) is 10.7. The summed E-state index contributed by atoms with van der Waals surface area (Å²) in [5.74, 6) is 0.280. The van der Waals surface area contributed by atoms with Crippen LogP contribution in [0.5, 0.6) is 0 Å². The maximum atomic E-state index is 12.5. The Labute approximate surface area is 123 Å². The van der Waals surface area contributed by atoms with Crippen LogP contribution in [0.15, 0.2) is 47.5 Å². The van der Waals surface area contributed by atoms with Crippen LogP contribution in [0, 0.1) is 11.3 Å². The van der Waals surface area contributed by atoms with E-state index in [1.807, 2.05) is 13.0 Å². The summed E-state index contributed by atoms with van der Waals surface area (Å²) in [5.41, 5.74) is 0.501. The second-order valence-corrected chi connectivity index (χ2v) is 5.79. The molecular formula is C14H14N4O2S. The fourth-order valence-electron chi connectivity index (χ4n) is 1.78. The largest absolute Gasteiger partial charge is 0.369 e. The summed E-state index contributed by atoms with van der Waals surface area (Å²) in [6.07, 6.45) is 1.51. The molecule has 6 nitrogen and oxygen atoms in total. The van der Waals surface area contributed by atoms with Crippen LogP contribution >= 0.6 is 0 Å². The van der Waals surface area contributed by atoms with Crippen molar-refractivity contribution in [2.45, 2.75) is 11.8 Å². The predicted octanol–water partition coefficient (Wildman–Crippen LogP) is 2.19. The van der Waals surface area contributed by atoms with E-state index in [1.165, 1.54) is 12.3 Å². The van der Waals surface area contributed by atoms with E-state index in [1.54, 1.807) is 30.3 Å². The van der Waals surface area contributed by atoms with Gasteiger partial charge in [-0.15, -0.1) is 0 Å². The van der Waals surface area contributed by atoms with Gasteiger partial charge in [-0.2, -0.15) is 5.26 Å². The molecule has 108 valence electrons. The first kappa shape index (κ1) is 14.8. The molecule has 2 N–H and O–H groups in total. The maximum absolute atomic E-state index is 12.5. The third-order valence-electron chi connectivity index (χ3n) is 2.70. The Bertz CT molecular complexity index is 782. The number of benzene rings is 1. The second kappa shape index (κ2) is 6.24. The molecule has 0 saturated carbocycles. The summed E-state index contributed by atoms with van der Waals surface area (Å²) in [6, 6.07) is 11.4. The van der Waals surface area contributed by atoms with Gasteiger partial charge in [0.25, 0.3) is 10.0 Å². The van der Waals surface area contributed by atoms with Gasteiger partial charge in [-0.05, 0) is 31.2 Å². The number of hydrogen-bond acceptors (Lipinski definition) is 5. The summed E-state index contributed by atoms with van der Waals surface area (Å²) in [4.78, 5) is 4.06. The summed E-state index contributed by atoms with van der Waals surface area (Å²) >= 11 is 0. The number of anilines is 2. The average molecular weight is 302 g/mol. The van der Waals surface area contributed by atoms with E-state index >= 15 is 0 Å². The van der Waals surface area contributed by atoms with Crippen molar-refractivity contribution in [3.05, 3.63) is 48.2 Å². The van der Waals surface area contributed by atoms with Crippen molar-refractivity contribution in [1.29, 1.82) is 5.26 Å². The molecule has 0 aliphatic rings. The number of sulfonamides is 1. The molecule has 0 fully saturated rings. The van der Waals surface area contributed by atoms with Gasteiger partial charge in [0.15, 0.2) is 0 Å². The third kappa shape index (κ3) is 3.30. The maximum Gasteiger partial charge on any atom is 0.265 e. The number of nitrogens with one attached hydrogen (secondary N) is 2. The average Bonchev–Trinajstić information content (AvgIpc) is 2.48. The van der Waals surface area contributed by atoms with E-state index in [0.717, 1.165) is 0 Å². The Hall–Kier alpha value is -2.59. The molecule has 21 heavy (non-hydrogen) atoms. The fraction of sp³-hybridized carbons (Fsp3) is 0.143. The van der Waals surface area contributed by atoms with Crippen molar-refractivity contribution in [2.24, 2.45) is 0 Å². The highest BCUT2D eigenvalue weighted by molar-refractivity contribution is 7.92. The number of rotatable bonds is 5. The number of hydrogen-bond donors (Lipinski definition) is 2. The van der Waals surface area contributed by atoms with Crippen molar-refractivity contribution in [3.63, 3.8) is 0 Å². The molecule has 1 aromatic carbocycles. The molecule has 0 amide bonds. The van der Waals surface area contributed by atoms with Gasteiger partial charge in [-0.25, -0.2) is 13.4 Å². The summed E-state index contributed by atoms with van der Waals surface area (Å²) in [6.45, 7) is 2.40. The topological polar surface area (TPSA) is 94.9 Å². The van der Waals surface area contributed by atoms with Crippen molar-refractivity contribution in [1.82, 2.24) is 4.98 Å². The molecule has 0 bridgehead atoms.